The van der Waals surface area contributed by atoms with Gasteiger partial charge in [0.2, 0.25) is 10.0 Å². The molecule has 0 amide bonds. The van der Waals surface area contributed by atoms with Gasteiger partial charge in [-0.05, 0) is 56.0 Å². The maximum atomic E-state index is 12.8. The second-order valence-corrected chi connectivity index (χ2v) is 7.87. The zero-order valence-corrected chi connectivity index (χ0v) is 13.7. The third-order valence-corrected chi connectivity index (χ3v) is 6.10. The summed E-state index contributed by atoms with van der Waals surface area (Å²) < 4.78 is 32.5. The van der Waals surface area contributed by atoms with Crippen LogP contribution in [0.15, 0.2) is 23.1 Å². The Balaban J connectivity index is 2.28. The fourth-order valence-corrected chi connectivity index (χ4v) is 4.45. The summed E-state index contributed by atoms with van der Waals surface area (Å²) in [5, 5.41) is 0. The fourth-order valence-electron chi connectivity index (χ4n) is 2.66. The maximum absolute atomic E-state index is 12.8. The van der Waals surface area contributed by atoms with Crippen molar-refractivity contribution in [3.63, 3.8) is 0 Å². The number of hydrogen-bond acceptors (Lipinski definition) is 4. The minimum absolute atomic E-state index is 0.119. The van der Waals surface area contributed by atoms with Crippen LogP contribution >= 0.6 is 0 Å². The number of aryl methyl sites for hydroxylation is 1. The van der Waals surface area contributed by atoms with E-state index in [2.05, 4.69) is 0 Å². The van der Waals surface area contributed by atoms with Crippen molar-refractivity contribution >= 4 is 10.0 Å². The van der Waals surface area contributed by atoms with Crippen molar-refractivity contribution in [1.29, 1.82) is 0 Å². The van der Waals surface area contributed by atoms with Gasteiger partial charge in [-0.2, -0.15) is 4.31 Å². The van der Waals surface area contributed by atoms with Crippen molar-refractivity contribution in [1.82, 2.24) is 4.31 Å². The van der Waals surface area contributed by atoms with Gasteiger partial charge in [-0.1, -0.05) is 6.92 Å². The standard InChI is InChI=1S/C15H24N2O3S/c1-4-20-13-5-6-14(12(2)9-13)21(18,19)17-8-7-15(3,10-16)11-17/h5-6,9H,4,7-8,10-11,16H2,1-3H3. The lowest BCUT2D eigenvalue weighted by molar-refractivity contribution is 0.339. The fraction of sp³-hybridized carbons (Fsp3) is 0.600. The zero-order valence-electron chi connectivity index (χ0n) is 12.9. The first-order chi connectivity index (χ1) is 9.82. The van der Waals surface area contributed by atoms with Crippen LogP contribution in [0, 0.1) is 12.3 Å². The molecular weight excluding hydrogens is 288 g/mol. The molecule has 0 bridgehead atoms. The minimum Gasteiger partial charge on any atom is -0.494 e. The summed E-state index contributed by atoms with van der Waals surface area (Å²) in [7, 11) is -3.46. The molecule has 5 nitrogen and oxygen atoms in total. The monoisotopic (exact) mass is 312 g/mol. The normalized spacial score (nSPS) is 23.4. The highest BCUT2D eigenvalue weighted by Gasteiger charge is 2.39. The first-order valence-electron chi connectivity index (χ1n) is 7.26. The van der Waals surface area contributed by atoms with Gasteiger partial charge in [0, 0.05) is 13.1 Å². The van der Waals surface area contributed by atoms with Gasteiger partial charge >= 0.3 is 0 Å². The average Bonchev–Trinajstić information content (AvgIpc) is 2.83. The number of ether oxygens (including phenoxy) is 1. The van der Waals surface area contributed by atoms with Crippen molar-refractivity contribution in [2.24, 2.45) is 11.1 Å². The Bertz CT molecular complexity index is 615. The lowest BCUT2D eigenvalue weighted by Gasteiger charge is -2.23. The van der Waals surface area contributed by atoms with Crippen molar-refractivity contribution < 1.29 is 13.2 Å². The summed E-state index contributed by atoms with van der Waals surface area (Å²) >= 11 is 0. The number of rotatable bonds is 5. The Labute approximate surface area is 127 Å². The third kappa shape index (κ3) is 3.22. The number of nitrogens with zero attached hydrogens (tertiary/aromatic N) is 1. The van der Waals surface area contributed by atoms with Crippen LogP contribution in [-0.4, -0.2) is 39.0 Å². The minimum atomic E-state index is -3.46. The molecule has 0 radical (unpaired) electrons. The van der Waals surface area contributed by atoms with Crippen molar-refractivity contribution in [3.8, 4) is 5.75 Å². The lowest BCUT2D eigenvalue weighted by Crippen LogP contribution is -2.34. The predicted octanol–water partition coefficient (Wildman–Crippen LogP) is 1.75. The van der Waals surface area contributed by atoms with Gasteiger partial charge in [0.1, 0.15) is 5.75 Å². The first kappa shape index (κ1) is 16.3. The lowest BCUT2D eigenvalue weighted by atomic mass is 9.90. The van der Waals surface area contributed by atoms with E-state index in [1.807, 2.05) is 13.8 Å². The van der Waals surface area contributed by atoms with Crippen molar-refractivity contribution in [2.75, 3.05) is 26.2 Å². The molecule has 6 heteroatoms. The third-order valence-electron chi connectivity index (χ3n) is 4.09. The van der Waals surface area contributed by atoms with Crippen LogP contribution in [0.5, 0.6) is 5.75 Å². The maximum Gasteiger partial charge on any atom is 0.243 e. The largest absolute Gasteiger partial charge is 0.494 e. The van der Waals surface area contributed by atoms with Crippen LogP contribution < -0.4 is 10.5 Å². The van der Waals surface area contributed by atoms with Crippen LogP contribution in [0.4, 0.5) is 0 Å². The van der Waals surface area contributed by atoms with Crippen LogP contribution in [0.25, 0.3) is 0 Å². The average molecular weight is 312 g/mol. The highest BCUT2D eigenvalue weighted by molar-refractivity contribution is 7.89. The van der Waals surface area contributed by atoms with E-state index in [9.17, 15) is 8.42 Å². The Morgan fingerprint density at radius 3 is 2.67 bits per heavy atom. The number of nitrogens with two attached hydrogens (primary N) is 1. The summed E-state index contributed by atoms with van der Waals surface area (Å²) in [6.45, 7) is 7.81. The van der Waals surface area contributed by atoms with Gasteiger partial charge in [0.05, 0.1) is 11.5 Å². The van der Waals surface area contributed by atoms with E-state index >= 15 is 0 Å². The quantitative estimate of drug-likeness (QED) is 0.899. The van der Waals surface area contributed by atoms with Crippen molar-refractivity contribution in [2.45, 2.75) is 32.1 Å². The van der Waals surface area contributed by atoms with Gasteiger partial charge in [-0.25, -0.2) is 8.42 Å². The highest BCUT2D eigenvalue weighted by atomic mass is 32.2. The molecule has 0 spiro atoms. The predicted molar refractivity (Wildman–Crippen MR) is 82.9 cm³/mol. The SMILES string of the molecule is CCOc1ccc(S(=O)(=O)N2CCC(C)(CN)C2)c(C)c1. The van der Waals surface area contributed by atoms with Crippen molar-refractivity contribution in [3.05, 3.63) is 23.8 Å². The molecule has 1 aromatic carbocycles. The van der Waals surface area contributed by atoms with E-state index in [0.717, 1.165) is 6.42 Å². The van der Waals surface area contributed by atoms with Gasteiger partial charge in [0.25, 0.3) is 0 Å². The molecule has 1 aliphatic heterocycles. The van der Waals surface area contributed by atoms with E-state index in [-0.39, 0.29) is 5.41 Å². The van der Waals surface area contributed by atoms with E-state index in [4.69, 9.17) is 10.5 Å². The Kier molecular flexibility index (Phi) is 4.60. The first-order valence-corrected chi connectivity index (χ1v) is 8.70. The molecule has 1 heterocycles. The van der Waals surface area contributed by atoms with Gasteiger partial charge in [-0.15, -0.1) is 0 Å². The van der Waals surface area contributed by atoms with E-state index < -0.39 is 10.0 Å². The number of benzene rings is 1. The molecule has 2 rings (SSSR count). The summed E-state index contributed by atoms with van der Waals surface area (Å²) in [5.74, 6) is 0.696. The summed E-state index contributed by atoms with van der Waals surface area (Å²) in [4.78, 5) is 0.354. The molecule has 0 saturated carbocycles. The summed E-state index contributed by atoms with van der Waals surface area (Å²) in [5.41, 5.74) is 6.35. The molecule has 21 heavy (non-hydrogen) atoms. The second kappa shape index (κ2) is 5.94. The molecule has 1 unspecified atom stereocenters. The smallest absolute Gasteiger partial charge is 0.243 e. The van der Waals surface area contributed by atoms with Crippen LogP contribution in [0.1, 0.15) is 25.8 Å². The molecule has 118 valence electrons. The molecule has 0 aromatic heterocycles. The molecular formula is C15H24N2O3S. The van der Waals surface area contributed by atoms with Gasteiger partial charge < -0.3 is 10.5 Å². The second-order valence-electron chi connectivity index (χ2n) is 5.96. The van der Waals surface area contributed by atoms with Crippen LogP contribution in [0.2, 0.25) is 0 Å². The zero-order chi connectivity index (χ0) is 15.7. The molecule has 1 aliphatic rings. The van der Waals surface area contributed by atoms with E-state index in [0.29, 0.717) is 42.4 Å². The molecule has 1 fully saturated rings. The molecule has 1 atom stereocenters. The van der Waals surface area contributed by atoms with Crippen LogP contribution in [-0.2, 0) is 10.0 Å². The van der Waals surface area contributed by atoms with Crippen LogP contribution in [0.3, 0.4) is 0 Å². The number of sulfonamides is 1. The van der Waals surface area contributed by atoms with E-state index in [1.54, 1.807) is 29.4 Å². The Morgan fingerprint density at radius 1 is 1.43 bits per heavy atom. The molecule has 2 N–H and O–H groups in total. The Hall–Kier alpha value is -1.11. The number of hydrogen-bond donors (Lipinski definition) is 1. The molecule has 0 aliphatic carbocycles. The summed E-state index contributed by atoms with van der Waals surface area (Å²) in [6.07, 6.45) is 0.804. The topological polar surface area (TPSA) is 72.6 Å². The summed E-state index contributed by atoms with van der Waals surface area (Å²) in [6, 6.07) is 5.12. The Morgan fingerprint density at radius 2 is 2.14 bits per heavy atom. The van der Waals surface area contributed by atoms with Gasteiger partial charge in [0.15, 0.2) is 0 Å². The van der Waals surface area contributed by atoms with E-state index in [1.165, 1.54) is 0 Å². The van der Waals surface area contributed by atoms with Gasteiger partial charge in [-0.3, -0.25) is 0 Å². The molecule has 1 saturated heterocycles. The molecule has 1 aromatic rings. The highest BCUT2D eigenvalue weighted by Crippen LogP contribution is 2.33.